The van der Waals surface area contributed by atoms with Gasteiger partial charge in [0.05, 0.1) is 5.69 Å². The van der Waals surface area contributed by atoms with Gasteiger partial charge in [0.25, 0.3) is 5.91 Å². The van der Waals surface area contributed by atoms with Crippen molar-refractivity contribution in [3.8, 4) is 5.75 Å². The summed E-state index contributed by atoms with van der Waals surface area (Å²) in [4.78, 5) is 11.9. The van der Waals surface area contributed by atoms with Crippen molar-refractivity contribution in [1.82, 2.24) is 0 Å². The fourth-order valence-electron chi connectivity index (χ4n) is 1.67. The minimum atomic E-state index is -0.191. The molecule has 0 aliphatic rings. The first-order chi connectivity index (χ1) is 9.56. The molecule has 2 rings (SSSR count). The molecule has 0 atom stereocenters. The van der Waals surface area contributed by atoms with Crippen molar-refractivity contribution in [3.05, 3.63) is 56.6 Å². The van der Waals surface area contributed by atoms with Gasteiger partial charge in [0.1, 0.15) is 5.75 Å². The Balaban J connectivity index is 1.94. The summed E-state index contributed by atoms with van der Waals surface area (Å²) in [5.41, 5.74) is 1.69. The van der Waals surface area contributed by atoms with Gasteiger partial charge in [-0.2, -0.15) is 0 Å². The predicted molar refractivity (Wildman–Crippen MR) is 89.5 cm³/mol. The fourth-order valence-corrected chi connectivity index (χ4v) is 2.42. The highest BCUT2D eigenvalue weighted by molar-refractivity contribution is 14.1. The summed E-state index contributed by atoms with van der Waals surface area (Å²) in [6, 6.07) is 12.9. The molecule has 2 aromatic carbocycles. The zero-order valence-corrected chi connectivity index (χ0v) is 13.7. The van der Waals surface area contributed by atoms with Gasteiger partial charge in [0.15, 0.2) is 6.61 Å². The molecule has 20 heavy (non-hydrogen) atoms. The van der Waals surface area contributed by atoms with E-state index >= 15 is 0 Å². The van der Waals surface area contributed by atoms with Gasteiger partial charge in [-0.1, -0.05) is 23.7 Å². The van der Waals surface area contributed by atoms with Crippen LogP contribution in [0, 0.1) is 10.5 Å². The normalized spacial score (nSPS) is 10.2. The van der Waals surface area contributed by atoms with Crippen LogP contribution in [0.4, 0.5) is 5.69 Å². The number of anilines is 1. The molecule has 0 unspecified atom stereocenters. The number of aryl methyl sites for hydroxylation is 1. The lowest BCUT2D eigenvalue weighted by Gasteiger charge is -2.10. The van der Waals surface area contributed by atoms with Gasteiger partial charge in [-0.25, -0.2) is 0 Å². The molecule has 1 amide bonds. The molecule has 0 aliphatic heterocycles. The van der Waals surface area contributed by atoms with E-state index in [1.165, 1.54) is 0 Å². The molecule has 0 saturated heterocycles. The highest BCUT2D eigenvalue weighted by Gasteiger charge is 2.07. The molecule has 0 radical (unpaired) electrons. The molecule has 104 valence electrons. The number of amides is 1. The Morgan fingerprint density at radius 2 is 2.05 bits per heavy atom. The average Bonchev–Trinajstić information content (AvgIpc) is 2.40. The average molecular weight is 402 g/mol. The van der Waals surface area contributed by atoms with E-state index < -0.39 is 0 Å². The van der Waals surface area contributed by atoms with Crippen molar-refractivity contribution in [2.45, 2.75) is 6.92 Å². The third-order valence-corrected chi connectivity index (χ3v) is 3.82. The third-order valence-electron chi connectivity index (χ3n) is 2.64. The molecule has 1 N–H and O–H groups in total. The second-order valence-corrected chi connectivity index (χ2v) is 5.83. The van der Waals surface area contributed by atoms with Crippen molar-refractivity contribution >= 4 is 45.8 Å². The summed E-state index contributed by atoms with van der Waals surface area (Å²) >= 11 is 8.04. The first kappa shape index (κ1) is 15.1. The maximum absolute atomic E-state index is 11.9. The standard InChI is InChI=1S/C15H13ClINO2/c1-10-8-11(16)6-7-14(10)20-9-15(19)18-13-5-3-2-4-12(13)17/h2-8H,9H2,1H3,(H,18,19). The maximum atomic E-state index is 11.9. The van der Waals surface area contributed by atoms with Crippen molar-refractivity contribution in [2.75, 3.05) is 11.9 Å². The SMILES string of the molecule is Cc1cc(Cl)ccc1OCC(=O)Nc1ccccc1I. The summed E-state index contributed by atoms with van der Waals surface area (Å²) in [5.74, 6) is 0.468. The lowest BCUT2D eigenvalue weighted by atomic mass is 10.2. The molecule has 5 heteroatoms. The van der Waals surface area contributed by atoms with E-state index in [4.69, 9.17) is 16.3 Å². The number of ether oxygens (including phenoxy) is 1. The van der Waals surface area contributed by atoms with Crippen LogP contribution in [-0.2, 0) is 4.79 Å². The molecule has 0 aliphatic carbocycles. The number of rotatable bonds is 4. The maximum Gasteiger partial charge on any atom is 0.262 e. The number of carbonyl (C=O) groups excluding carboxylic acids is 1. The Hall–Kier alpha value is -1.27. The van der Waals surface area contributed by atoms with E-state index in [0.29, 0.717) is 10.8 Å². The molecule has 0 saturated carbocycles. The van der Waals surface area contributed by atoms with Gasteiger partial charge >= 0.3 is 0 Å². The molecule has 2 aromatic rings. The molecule has 0 bridgehead atoms. The Labute approximate surface area is 136 Å². The van der Waals surface area contributed by atoms with E-state index in [-0.39, 0.29) is 12.5 Å². The lowest BCUT2D eigenvalue weighted by molar-refractivity contribution is -0.118. The number of halogens is 2. The van der Waals surface area contributed by atoms with Gasteiger partial charge in [0, 0.05) is 8.59 Å². The zero-order valence-electron chi connectivity index (χ0n) is 10.8. The van der Waals surface area contributed by atoms with Crippen molar-refractivity contribution in [1.29, 1.82) is 0 Å². The molecule has 0 aromatic heterocycles. The van der Waals surface area contributed by atoms with Gasteiger partial charge in [-0.3, -0.25) is 4.79 Å². The second kappa shape index (κ2) is 6.95. The Morgan fingerprint density at radius 3 is 2.75 bits per heavy atom. The fraction of sp³-hybridized carbons (Fsp3) is 0.133. The number of carbonyl (C=O) groups is 1. The van der Waals surface area contributed by atoms with Crippen molar-refractivity contribution in [3.63, 3.8) is 0 Å². The van der Waals surface area contributed by atoms with Crippen LogP contribution < -0.4 is 10.1 Å². The van der Waals surface area contributed by atoms with Crippen molar-refractivity contribution < 1.29 is 9.53 Å². The van der Waals surface area contributed by atoms with Crippen LogP contribution in [-0.4, -0.2) is 12.5 Å². The van der Waals surface area contributed by atoms with E-state index in [9.17, 15) is 4.79 Å². The summed E-state index contributed by atoms with van der Waals surface area (Å²) in [7, 11) is 0. The Morgan fingerprint density at radius 1 is 1.30 bits per heavy atom. The van der Waals surface area contributed by atoms with E-state index in [1.54, 1.807) is 18.2 Å². The summed E-state index contributed by atoms with van der Waals surface area (Å²) in [5, 5.41) is 3.46. The highest BCUT2D eigenvalue weighted by atomic mass is 127. The summed E-state index contributed by atoms with van der Waals surface area (Å²) in [6.45, 7) is 1.85. The Kier molecular flexibility index (Phi) is 5.25. The third kappa shape index (κ3) is 4.11. The van der Waals surface area contributed by atoms with Crippen molar-refractivity contribution in [2.24, 2.45) is 0 Å². The molecule has 0 fully saturated rings. The topological polar surface area (TPSA) is 38.3 Å². The molecule has 3 nitrogen and oxygen atoms in total. The lowest BCUT2D eigenvalue weighted by Crippen LogP contribution is -2.20. The number of hydrogen-bond acceptors (Lipinski definition) is 2. The van der Waals surface area contributed by atoms with Gasteiger partial charge in [0.2, 0.25) is 0 Å². The van der Waals surface area contributed by atoms with E-state index in [0.717, 1.165) is 14.8 Å². The molecular formula is C15H13ClINO2. The van der Waals surface area contributed by atoms with Crippen LogP contribution in [0.15, 0.2) is 42.5 Å². The van der Waals surface area contributed by atoms with E-state index in [2.05, 4.69) is 27.9 Å². The summed E-state index contributed by atoms with van der Waals surface area (Å²) in [6.07, 6.45) is 0. The largest absolute Gasteiger partial charge is 0.483 e. The van der Waals surface area contributed by atoms with Crippen LogP contribution in [0.2, 0.25) is 5.02 Å². The molecular weight excluding hydrogens is 389 g/mol. The van der Waals surface area contributed by atoms with E-state index in [1.807, 2.05) is 31.2 Å². The van der Waals surface area contributed by atoms with Gasteiger partial charge in [-0.05, 0) is 65.4 Å². The number of hydrogen-bond donors (Lipinski definition) is 1. The van der Waals surface area contributed by atoms with Gasteiger partial charge < -0.3 is 10.1 Å². The van der Waals surface area contributed by atoms with Crippen LogP contribution in [0.1, 0.15) is 5.56 Å². The van der Waals surface area contributed by atoms with Gasteiger partial charge in [-0.15, -0.1) is 0 Å². The zero-order chi connectivity index (χ0) is 14.5. The number of nitrogens with one attached hydrogen (secondary N) is 1. The molecule has 0 spiro atoms. The molecule has 0 heterocycles. The van der Waals surface area contributed by atoms with Crippen LogP contribution in [0.3, 0.4) is 0 Å². The smallest absolute Gasteiger partial charge is 0.262 e. The Bertz CT molecular complexity index is 631. The summed E-state index contributed by atoms with van der Waals surface area (Å²) < 4.78 is 6.48. The van der Waals surface area contributed by atoms with Crippen LogP contribution in [0.5, 0.6) is 5.75 Å². The minimum Gasteiger partial charge on any atom is -0.483 e. The predicted octanol–water partition coefficient (Wildman–Crippen LogP) is 4.27. The number of para-hydroxylation sites is 1. The highest BCUT2D eigenvalue weighted by Crippen LogP contribution is 2.22. The first-order valence-corrected chi connectivity index (χ1v) is 7.45. The first-order valence-electron chi connectivity index (χ1n) is 5.99. The second-order valence-electron chi connectivity index (χ2n) is 4.23. The monoisotopic (exact) mass is 401 g/mol. The minimum absolute atomic E-state index is 0.0343. The quantitative estimate of drug-likeness (QED) is 0.777. The van der Waals surface area contributed by atoms with Crippen LogP contribution in [0.25, 0.3) is 0 Å². The number of benzene rings is 2. The van der Waals surface area contributed by atoms with Crippen LogP contribution >= 0.6 is 34.2 Å².